The molecule has 0 bridgehead atoms. The predicted molar refractivity (Wildman–Crippen MR) is 83.9 cm³/mol. The van der Waals surface area contributed by atoms with Gasteiger partial charge in [0.05, 0.1) is 4.92 Å². The third-order valence-corrected chi connectivity index (χ3v) is 3.95. The Morgan fingerprint density at radius 3 is 2.76 bits per heavy atom. The van der Waals surface area contributed by atoms with Crippen molar-refractivity contribution in [3.8, 4) is 0 Å². The Morgan fingerprint density at radius 2 is 2.24 bits per heavy atom. The summed E-state index contributed by atoms with van der Waals surface area (Å²) in [5, 5.41) is 23.7. The predicted octanol–water partition coefficient (Wildman–Crippen LogP) is 2.77. The number of rotatable bonds is 8. The Balaban J connectivity index is 2.37. The molecule has 1 aromatic carbocycles. The van der Waals surface area contributed by atoms with E-state index < -0.39 is 0 Å². The first-order valence-corrected chi connectivity index (χ1v) is 7.57. The summed E-state index contributed by atoms with van der Waals surface area (Å²) in [4.78, 5) is 13.3. The summed E-state index contributed by atoms with van der Waals surface area (Å²) in [6.07, 6.45) is 3.92. The molecule has 2 N–H and O–H groups in total. The number of aliphatic hydroxyl groups excluding tert-OH is 1. The molecule has 6 nitrogen and oxygen atoms in total. The standard InChI is InChI=1S/C15H23N3O3/c1-2-16-13-8-4-9-14(15(13)18(20)21)17(10-5-11-19)12-6-3-7-12/h4,8-9,12,16,19H,2-3,5-7,10-11H2,1H3. The molecule has 0 spiro atoms. The SMILES string of the molecule is CCNc1cccc(N(CCCO)C2CCC2)c1[N+](=O)[O-]. The van der Waals surface area contributed by atoms with E-state index in [9.17, 15) is 10.1 Å². The van der Waals surface area contributed by atoms with Crippen LogP contribution in [0.4, 0.5) is 17.1 Å². The molecule has 2 rings (SSSR count). The summed E-state index contributed by atoms with van der Waals surface area (Å²) in [7, 11) is 0. The molecule has 0 radical (unpaired) electrons. The molecule has 0 aromatic heterocycles. The van der Waals surface area contributed by atoms with Crippen molar-refractivity contribution < 1.29 is 10.0 Å². The normalized spacial score (nSPS) is 14.6. The maximum atomic E-state index is 11.5. The van der Waals surface area contributed by atoms with Crippen LogP contribution in [0.2, 0.25) is 0 Å². The molecule has 0 unspecified atom stereocenters. The number of para-hydroxylation sites is 1. The lowest BCUT2D eigenvalue weighted by Gasteiger charge is -2.39. The fourth-order valence-electron chi connectivity index (χ4n) is 2.73. The van der Waals surface area contributed by atoms with Gasteiger partial charge < -0.3 is 15.3 Å². The average molecular weight is 293 g/mol. The molecule has 21 heavy (non-hydrogen) atoms. The van der Waals surface area contributed by atoms with Gasteiger partial charge in [-0.3, -0.25) is 10.1 Å². The number of nitrogens with one attached hydrogen (secondary N) is 1. The van der Waals surface area contributed by atoms with E-state index in [0.717, 1.165) is 12.8 Å². The van der Waals surface area contributed by atoms with Gasteiger partial charge in [-0.1, -0.05) is 6.07 Å². The number of nitrogens with zero attached hydrogens (tertiary/aromatic N) is 2. The molecule has 0 aliphatic heterocycles. The largest absolute Gasteiger partial charge is 0.396 e. The zero-order valence-corrected chi connectivity index (χ0v) is 12.4. The Bertz CT molecular complexity index is 489. The van der Waals surface area contributed by atoms with Gasteiger partial charge in [0.15, 0.2) is 0 Å². The molecule has 1 aromatic rings. The van der Waals surface area contributed by atoms with Crippen LogP contribution in [0.1, 0.15) is 32.6 Å². The molecular weight excluding hydrogens is 270 g/mol. The zero-order valence-electron chi connectivity index (χ0n) is 12.4. The van der Waals surface area contributed by atoms with Crippen molar-refractivity contribution in [1.29, 1.82) is 0 Å². The average Bonchev–Trinajstić information content (AvgIpc) is 2.41. The highest BCUT2D eigenvalue weighted by molar-refractivity contribution is 5.77. The Hall–Kier alpha value is -1.82. The van der Waals surface area contributed by atoms with Gasteiger partial charge in [-0.15, -0.1) is 0 Å². The van der Waals surface area contributed by atoms with Gasteiger partial charge in [0.2, 0.25) is 0 Å². The molecule has 0 amide bonds. The number of nitro benzene ring substituents is 1. The molecule has 0 heterocycles. The Morgan fingerprint density at radius 1 is 1.48 bits per heavy atom. The van der Waals surface area contributed by atoms with Crippen LogP contribution in [-0.2, 0) is 0 Å². The van der Waals surface area contributed by atoms with Gasteiger partial charge in [-0.05, 0) is 44.7 Å². The smallest absolute Gasteiger partial charge is 0.315 e. The quantitative estimate of drug-likeness (QED) is 0.569. The van der Waals surface area contributed by atoms with E-state index in [1.807, 2.05) is 19.1 Å². The summed E-state index contributed by atoms with van der Waals surface area (Å²) in [5.41, 5.74) is 1.37. The molecule has 0 saturated heterocycles. The van der Waals surface area contributed by atoms with E-state index >= 15 is 0 Å². The minimum atomic E-state index is -0.308. The Kier molecular flexibility index (Phi) is 5.38. The molecule has 1 aliphatic rings. The van der Waals surface area contributed by atoms with Crippen molar-refractivity contribution in [3.63, 3.8) is 0 Å². The molecule has 6 heteroatoms. The van der Waals surface area contributed by atoms with Crippen LogP contribution in [0.15, 0.2) is 18.2 Å². The molecule has 0 atom stereocenters. The Labute approximate surface area is 124 Å². The highest BCUT2D eigenvalue weighted by Gasteiger charge is 2.30. The first-order valence-electron chi connectivity index (χ1n) is 7.57. The summed E-state index contributed by atoms with van der Waals surface area (Å²) >= 11 is 0. The van der Waals surface area contributed by atoms with Gasteiger partial charge in [0.25, 0.3) is 0 Å². The number of anilines is 2. The van der Waals surface area contributed by atoms with Crippen molar-refractivity contribution in [3.05, 3.63) is 28.3 Å². The molecule has 1 saturated carbocycles. The topological polar surface area (TPSA) is 78.6 Å². The second-order valence-corrected chi connectivity index (χ2v) is 5.32. The third kappa shape index (κ3) is 3.44. The highest BCUT2D eigenvalue weighted by Crippen LogP contribution is 2.39. The first-order chi connectivity index (χ1) is 10.2. The van der Waals surface area contributed by atoms with Gasteiger partial charge in [-0.2, -0.15) is 0 Å². The maximum absolute atomic E-state index is 11.5. The van der Waals surface area contributed by atoms with Gasteiger partial charge in [0, 0.05) is 25.7 Å². The number of hydrogen-bond acceptors (Lipinski definition) is 5. The van der Waals surface area contributed by atoms with Crippen LogP contribution in [0.3, 0.4) is 0 Å². The second-order valence-electron chi connectivity index (χ2n) is 5.32. The lowest BCUT2D eigenvalue weighted by molar-refractivity contribution is -0.383. The van der Waals surface area contributed by atoms with Crippen LogP contribution in [-0.4, -0.2) is 35.8 Å². The number of benzene rings is 1. The minimum absolute atomic E-state index is 0.101. The van der Waals surface area contributed by atoms with E-state index in [1.165, 1.54) is 6.42 Å². The van der Waals surface area contributed by atoms with Crippen LogP contribution >= 0.6 is 0 Å². The van der Waals surface area contributed by atoms with E-state index in [2.05, 4.69) is 10.2 Å². The van der Waals surface area contributed by atoms with Crippen LogP contribution in [0.25, 0.3) is 0 Å². The first kappa shape index (κ1) is 15.6. The minimum Gasteiger partial charge on any atom is -0.396 e. The van der Waals surface area contributed by atoms with Gasteiger partial charge in [0.1, 0.15) is 11.4 Å². The number of aliphatic hydroxyl groups is 1. The summed E-state index contributed by atoms with van der Waals surface area (Å²) < 4.78 is 0. The third-order valence-electron chi connectivity index (χ3n) is 3.95. The summed E-state index contributed by atoms with van der Waals surface area (Å²) in [5.74, 6) is 0. The van der Waals surface area contributed by atoms with Crippen molar-refractivity contribution in [1.82, 2.24) is 0 Å². The fourth-order valence-corrected chi connectivity index (χ4v) is 2.73. The van der Waals surface area contributed by atoms with Crippen molar-refractivity contribution in [2.45, 2.75) is 38.6 Å². The second kappa shape index (κ2) is 7.26. The lowest BCUT2D eigenvalue weighted by Crippen LogP contribution is -2.41. The van der Waals surface area contributed by atoms with E-state index in [0.29, 0.717) is 36.9 Å². The number of nitro groups is 1. The van der Waals surface area contributed by atoms with Crippen molar-refractivity contribution >= 4 is 17.1 Å². The molecule has 1 fully saturated rings. The fraction of sp³-hybridized carbons (Fsp3) is 0.600. The van der Waals surface area contributed by atoms with Crippen molar-refractivity contribution in [2.24, 2.45) is 0 Å². The lowest BCUT2D eigenvalue weighted by atomic mass is 9.90. The summed E-state index contributed by atoms with van der Waals surface area (Å²) in [6, 6.07) is 5.77. The van der Waals surface area contributed by atoms with E-state index in [1.54, 1.807) is 6.07 Å². The van der Waals surface area contributed by atoms with Gasteiger partial charge in [-0.25, -0.2) is 0 Å². The van der Waals surface area contributed by atoms with Gasteiger partial charge >= 0.3 is 5.69 Å². The maximum Gasteiger partial charge on any atom is 0.315 e. The van der Waals surface area contributed by atoms with Crippen LogP contribution in [0.5, 0.6) is 0 Å². The van der Waals surface area contributed by atoms with Crippen molar-refractivity contribution in [2.75, 3.05) is 29.9 Å². The molecular formula is C15H23N3O3. The number of hydrogen-bond donors (Lipinski definition) is 2. The van der Waals surface area contributed by atoms with Crippen LogP contribution < -0.4 is 10.2 Å². The molecule has 116 valence electrons. The summed E-state index contributed by atoms with van der Waals surface area (Å²) in [6.45, 7) is 3.32. The van der Waals surface area contributed by atoms with Crippen LogP contribution in [0, 0.1) is 10.1 Å². The zero-order chi connectivity index (χ0) is 15.2. The van der Waals surface area contributed by atoms with E-state index in [-0.39, 0.29) is 17.2 Å². The molecule has 1 aliphatic carbocycles. The van der Waals surface area contributed by atoms with E-state index in [4.69, 9.17) is 5.11 Å². The highest BCUT2D eigenvalue weighted by atomic mass is 16.6. The monoisotopic (exact) mass is 293 g/mol.